The number of rotatable bonds is 5. The molecule has 13 rings (SSSR count). The van der Waals surface area contributed by atoms with Gasteiger partial charge in [-0.05, 0) is 156 Å². The molecule has 54 heavy (non-hydrogen) atoms. The summed E-state index contributed by atoms with van der Waals surface area (Å²) >= 11 is 0. The molecule has 0 saturated heterocycles. The maximum Gasteiger partial charge on any atom is 0.135 e. The highest BCUT2D eigenvalue weighted by Gasteiger charge is 2.65. The van der Waals surface area contributed by atoms with Crippen LogP contribution in [0.15, 0.2) is 156 Å². The van der Waals surface area contributed by atoms with Crippen molar-refractivity contribution in [3.05, 3.63) is 157 Å². The molecular formula is C51H40N2O. The van der Waals surface area contributed by atoms with Gasteiger partial charge in [0.1, 0.15) is 11.2 Å². The molecule has 4 aliphatic rings. The van der Waals surface area contributed by atoms with E-state index in [1.807, 2.05) is 6.07 Å². The molecule has 3 nitrogen and oxygen atoms in total. The molecule has 2 bridgehead atoms. The van der Waals surface area contributed by atoms with E-state index in [1.165, 1.54) is 81.7 Å². The van der Waals surface area contributed by atoms with Crippen molar-refractivity contribution in [2.45, 2.75) is 37.5 Å². The van der Waals surface area contributed by atoms with Crippen LogP contribution in [0, 0.1) is 29.6 Å². The van der Waals surface area contributed by atoms with Crippen molar-refractivity contribution in [3.63, 3.8) is 0 Å². The Kier molecular flexibility index (Phi) is 5.85. The normalized spacial score (nSPS) is 25.3. The van der Waals surface area contributed by atoms with E-state index < -0.39 is 0 Å². The fourth-order valence-electron chi connectivity index (χ4n) is 12.6. The first-order valence-electron chi connectivity index (χ1n) is 20.0. The van der Waals surface area contributed by atoms with Gasteiger partial charge >= 0.3 is 0 Å². The molecule has 0 spiro atoms. The average molecular weight is 697 g/mol. The Labute approximate surface area is 314 Å². The summed E-state index contributed by atoms with van der Waals surface area (Å²) in [5.74, 6) is 5.07. The van der Waals surface area contributed by atoms with E-state index in [9.17, 15) is 0 Å². The van der Waals surface area contributed by atoms with Crippen molar-refractivity contribution in [1.29, 1.82) is 0 Å². The predicted molar refractivity (Wildman–Crippen MR) is 222 cm³/mol. The van der Waals surface area contributed by atoms with Crippen LogP contribution in [0.5, 0.6) is 0 Å². The van der Waals surface area contributed by atoms with Crippen LogP contribution < -0.4 is 4.90 Å². The third-order valence-electron chi connectivity index (χ3n) is 14.6. The Balaban J connectivity index is 0.987. The largest absolute Gasteiger partial charge is 0.456 e. The Hall–Kier alpha value is -5.80. The summed E-state index contributed by atoms with van der Waals surface area (Å²) in [6, 6.07) is 56.2. The van der Waals surface area contributed by atoms with Gasteiger partial charge in [0.05, 0.1) is 11.0 Å². The molecule has 0 radical (unpaired) electrons. The Morgan fingerprint density at radius 2 is 1.24 bits per heavy atom. The van der Waals surface area contributed by atoms with Gasteiger partial charge in [-0.3, -0.25) is 0 Å². The number of aromatic nitrogens is 1. The topological polar surface area (TPSA) is 21.3 Å². The number of furan rings is 1. The second-order valence-electron chi connectivity index (χ2n) is 17.1. The van der Waals surface area contributed by atoms with Gasteiger partial charge in [-0.1, -0.05) is 78.9 Å². The van der Waals surface area contributed by atoms with Crippen LogP contribution in [0.4, 0.5) is 17.1 Å². The van der Waals surface area contributed by atoms with E-state index in [-0.39, 0.29) is 0 Å². The smallest absolute Gasteiger partial charge is 0.135 e. The minimum atomic E-state index is 0.394. The van der Waals surface area contributed by atoms with E-state index >= 15 is 0 Å². The third kappa shape index (κ3) is 3.97. The Bertz CT molecular complexity index is 2960. The first kappa shape index (κ1) is 29.6. The zero-order valence-electron chi connectivity index (χ0n) is 30.2. The lowest BCUT2D eigenvalue weighted by Gasteiger charge is -2.52. The Morgan fingerprint density at radius 3 is 2.15 bits per heavy atom. The van der Waals surface area contributed by atoms with Crippen molar-refractivity contribution in [2.75, 3.05) is 4.90 Å². The number of anilines is 3. The van der Waals surface area contributed by atoms with Crippen molar-refractivity contribution in [3.8, 4) is 5.69 Å². The SMILES string of the molecule is c1ccc(N(c2ccc(C34CC5CC6CC(C3)C6C5C4)cc2)c2ccc3c(c2)c2c4ccccc4ccc2n3-c2ccc3oc4ccccc4c3c2)cc1. The van der Waals surface area contributed by atoms with Gasteiger partial charge in [-0.2, -0.15) is 0 Å². The molecule has 4 fully saturated rings. The summed E-state index contributed by atoms with van der Waals surface area (Å²) in [6.45, 7) is 0. The van der Waals surface area contributed by atoms with E-state index in [1.54, 1.807) is 5.56 Å². The molecule has 2 aromatic heterocycles. The maximum atomic E-state index is 6.24. The van der Waals surface area contributed by atoms with Crippen molar-refractivity contribution < 1.29 is 4.42 Å². The zero-order chi connectivity index (χ0) is 35.1. The van der Waals surface area contributed by atoms with Crippen molar-refractivity contribution >= 4 is 71.6 Å². The summed E-state index contributed by atoms with van der Waals surface area (Å²) in [5.41, 5.74) is 10.9. The minimum Gasteiger partial charge on any atom is -0.456 e. The van der Waals surface area contributed by atoms with Crippen molar-refractivity contribution in [2.24, 2.45) is 29.6 Å². The maximum absolute atomic E-state index is 6.24. The summed E-state index contributed by atoms with van der Waals surface area (Å²) in [6.07, 6.45) is 7.27. The molecule has 260 valence electrons. The number of hydrogen-bond donors (Lipinski definition) is 0. The van der Waals surface area contributed by atoms with Gasteiger partial charge in [0.25, 0.3) is 0 Å². The molecule has 7 aromatic carbocycles. The van der Waals surface area contributed by atoms with Crippen LogP contribution >= 0.6 is 0 Å². The van der Waals surface area contributed by atoms with Gasteiger partial charge < -0.3 is 13.9 Å². The van der Waals surface area contributed by atoms with Gasteiger partial charge in [0.2, 0.25) is 0 Å². The second kappa shape index (κ2) is 10.7. The lowest BCUT2D eigenvalue weighted by Crippen LogP contribution is -2.45. The fourth-order valence-corrected chi connectivity index (χ4v) is 12.6. The highest BCUT2D eigenvalue weighted by Crippen LogP contribution is 2.72. The monoisotopic (exact) mass is 696 g/mol. The second-order valence-corrected chi connectivity index (χ2v) is 17.1. The average Bonchev–Trinajstić information content (AvgIpc) is 3.92. The highest BCUT2D eigenvalue weighted by molar-refractivity contribution is 6.22. The molecule has 4 aliphatic carbocycles. The van der Waals surface area contributed by atoms with Gasteiger partial charge in [-0.25, -0.2) is 0 Å². The first-order valence-corrected chi connectivity index (χ1v) is 20.0. The zero-order valence-corrected chi connectivity index (χ0v) is 30.2. The van der Waals surface area contributed by atoms with Crippen LogP contribution in [0.1, 0.15) is 37.7 Å². The summed E-state index contributed by atoms with van der Waals surface area (Å²) in [5, 5.41) is 7.34. The lowest BCUT2D eigenvalue weighted by molar-refractivity contribution is 0.00350. The fraction of sp³-hybridized carbons (Fsp3) is 0.216. The van der Waals surface area contributed by atoms with Gasteiger partial charge in [-0.15, -0.1) is 0 Å². The Morgan fingerprint density at radius 1 is 0.519 bits per heavy atom. The quantitative estimate of drug-likeness (QED) is 0.179. The van der Waals surface area contributed by atoms with Crippen LogP contribution in [0.2, 0.25) is 0 Å². The van der Waals surface area contributed by atoms with Gasteiger partial charge in [0, 0.05) is 44.3 Å². The van der Waals surface area contributed by atoms with Crippen LogP contribution in [-0.2, 0) is 5.41 Å². The molecule has 0 aliphatic heterocycles. The third-order valence-corrected chi connectivity index (χ3v) is 14.6. The summed E-state index contributed by atoms with van der Waals surface area (Å²) < 4.78 is 8.69. The number of hydrogen-bond acceptors (Lipinski definition) is 2. The highest BCUT2D eigenvalue weighted by atomic mass is 16.3. The predicted octanol–water partition coefficient (Wildman–Crippen LogP) is 13.6. The summed E-state index contributed by atoms with van der Waals surface area (Å²) in [7, 11) is 0. The number of fused-ring (bicyclic) bond motifs is 9. The first-order chi connectivity index (χ1) is 26.7. The van der Waals surface area contributed by atoms with Crippen LogP contribution in [0.3, 0.4) is 0 Å². The van der Waals surface area contributed by atoms with Crippen molar-refractivity contribution in [1.82, 2.24) is 4.57 Å². The molecule has 0 amide bonds. The molecule has 6 atom stereocenters. The number of para-hydroxylation sites is 2. The van der Waals surface area contributed by atoms with E-state index in [0.29, 0.717) is 5.41 Å². The summed E-state index contributed by atoms with van der Waals surface area (Å²) in [4.78, 5) is 2.45. The molecule has 0 N–H and O–H groups in total. The number of nitrogens with zero attached hydrogens (tertiary/aromatic N) is 2. The van der Waals surface area contributed by atoms with Crippen LogP contribution in [-0.4, -0.2) is 4.57 Å². The molecule has 9 aromatic rings. The van der Waals surface area contributed by atoms with E-state index in [4.69, 9.17) is 4.42 Å². The molecule has 6 unspecified atom stereocenters. The standard InChI is InChI=1S/C51H40N2O/c1-2-9-36(10-3-1)52(37-17-15-35(16-18-37)51-28-33-24-32-25-34(29-51)49(32)44(33)30-51)38-19-22-45-43(27-38)50-40-11-5-4-8-31(40)14-21-46(50)53(45)39-20-23-48-42(26-39)41-12-6-7-13-47(41)54-48/h1-23,26-27,32-34,44,49H,24-25,28-30H2. The number of benzene rings is 7. The minimum absolute atomic E-state index is 0.394. The lowest BCUT2D eigenvalue weighted by atomic mass is 9.52. The van der Waals surface area contributed by atoms with E-state index in [2.05, 4.69) is 155 Å². The van der Waals surface area contributed by atoms with Gasteiger partial charge in [0.15, 0.2) is 0 Å². The molecule has 4 saturated carbocycles. The molecule has 2 heterocycles. The van der Waals surface area contributed by atoms with E-state index in [0.717, 1.165) is 57.2 Å². The molecule has 3 heteroatoms. The van der Waals surface area contributed by atoms with Crippen LogP contribution in [0.25, 0.3) is 60.2 Å². The molecular weight excluding hydrogens is 657 g/mol.